The Morgan fingerprint density at radius 3 is 2.67 bits per heavy atom. The van der Waals surface area contributed by atoms with E-state index < -0.39 is 0 Å². The molecule has 3 rings (SSSR count). The number of carbonyl (C=O) groups is 1. The lowest BCUT2D eigenvalue weighted by Crippen LogP contribution is -2.40. The fourth-order valence-corrected chi connectivity index (χ4v) is 3.37. The maximum absolute atomic E-state index is 12.0. The number of carbonyl (C=O) groups excluding carboxylic acids is 1. The van der Waals surface area contributed by atoms with Gasteiger partial charge in [0.1, 0.15) is 5.75 Å². The van der Waals surface area contributed by atoms with Crippen LogP contribution in [0.25, 0.3) is 0 Å². The lowest BCUT2D eigenvalue weighted by molar-refractivity contribution is -0.116. The van der Waals surface area contributed by atoms with Crippen molar-refractivity contribution in [3.05, 3.63) is 59.7 Å². The number of ether oxygens (including phenoxy) is 1. The van der Waals surface area contributed by atoms with Crippen molar-refractivity contribution in [3.63, 3.8) is 0 Å². The van der Waals surface area contributed by atoms with Gasteiger partial charge in [-0.2, -0.15) is 0 Å². The maximum Gasteiger partial charge on any atom is 0.225 e. The molecule has 1 unspecified atom stereocenters. The van der Waals surface area contributed by atoms with E-state index in [4.69, 9.17) is 9.73 Å². The molecule has 0 spiro atoms. The molecule has 0 aliphatic carbocycles. The zero-order chi connectivity index (χ0) is 21.3. The largest absolute Gasteiger partial charge is 0.493 e. The summed E-state index contributed by atoms with van der Waals surface area (Å²) in [6.45, 7) is 9.03. The number of benzene rings is 2. The molecule has 30 heavy (non-hydrogen) atoms. The van der Waals surface area contributed by atoms with E-state index in [9.17, 15) is 4.79 Å². The van der Waals surface area contributed by atoms with Gasteiger partial charge >= 0.3 is 0 Å². The summed E-state index contributed by atoms with van der Waals surface area (Å²) in [5, 5.41) is 9.63. The third kappa shape index (κ3) is 6.24. The van der Waals surface area contributed by atoms with Crippen molar-refractivity contribution in [2.75, 3.05) is 25.0 Å². The van der Waals surface area contributed by atoms with Gasteiger partial charge in [0.15, 0.2) is 5.96 Å². The number of anilines is 1. The number of hydrogen-bond acceptors (Lipinski definition) is 3. The Labute approximate surface area is 179 Å². The normalized spacial score (nSPS) is 16.1. The van der Waals surface area contributed by atoms with E-state index in [1.165, 1.54) is 0 Å². The van der Waals surface area contributed by atoms with E-state index in [-0.39, 0.29) is 11.8 Å². The van der Waals surface area contributed by atoms with Gasteiger partial charge in [-0.25, -0.2) is 4.99 Å². The molecule has 0 saturated carbocycles. The van der Waals surface area contributed by atoms with Gasteiger partial charge in [0.2, 0.25) is 5.91 Å². The molecule has 0 saturated heterocycles. The zero-order valence-corrected chi connectivity index (χ0v) is 18.1. The van der Waals surface area contributed by atoms with Gasteiger partial charge in [0.25, 0.3) is 0 Å². The maximum atomic E-state index is 12.0. The van der Waals surface area contributed by atoms with Gasteiger partial charge < -0.3 is 20.7 Å². The number of para-hydroxylation sites is 1. The summed E-state index contributed by atoms with van der Waals surface area (Å²) >= 11 is 0. The first-order valence-electron chi connectivity index (χ1n) is 10.7. The van der Waals surface area contributed by atoms with Crippen LogP contribution < -0.4 is 20.7 Å². The van der Waals surface area contributed by atoms with Crippen LogP contribution >= 0.6 is 0 Å². The first-order chi connectivity index (χ1) is 14.5. The molecular weight excluding hydrogens is 376 g/mol. The number of hydrogen-bond donors (Lipinski definition) is 3. The van der Waals surface area contributed by atoms with Gasteiger partial charge in [-0.1, -0.05) is 44.2 Å². The van der Waals surface area contributed by atoms with Crippen molar-refractivity contribution in [1.29, 1.82) is 0 Å². The molecule has 1 aliphatic rings. The molecule has 2 aromatic carbocycles. The Morgan fingerprint density at radius 1 is 1.17 bits per heavy atom. The predicted octanol–water partition coefficient (Wildman–Crippen LogP) is 3.90. The standard InChI is InChI=1S/C24H32N4O2/c1-4-25-24(26-14-18-9-11-20(12-10-18)30-16-17(2)3)27-15-19-13-23(29)28-22-8-6-5-7-21(19)22/h5-12,17,19H,4,13-16H2,1-3H3,(H,28,29)(H2,25,26,27). The minimum Gasteiger partial charge on any atom is -0.493 e. The van der Waals surface area contributed by atoms with E-state index in [0.717, 1.165) is 35.1 Å². The lowest BCUT2D eigenvalue weighted by Gasteiger charge is -2.26. The molecule has 0 fully saturated rings. The Hall–Kier alpha value is -3.02. The highest BCUT2D eigenvalue weighted by atomic mass is 16.5. The molecule has 1 amide bonds. The minimum absolute atomic E-state index is 0.0576. The molecule has 1 atom stereocenters. The highest BCUT2D eigenvalue weighted by Gasteiger charge is 2.24. The molecule has 0 aromatic heterocycles. The molecule has 6 heteroatoms. The lowest BCUT2D eigenvalue weighted by atomic mass is 9.90. The van der Waals surface area contributed by atoms with E-state index in [1.807, 2.05) is 49.4 Å². The van der Waals surface area contributed by atoms with Crippen molar-refractivity contribution in [2.24, 2.45) is 10.9 Å². The van der Waals surface area contributed by atoms with Gasteiger partial charge in [0, 0.05) is 31.1 Å². The zero-order valence-electron chi connectivity index (χ0n) is 18.1. The number of nitrogens with one attached hydrogen (secondary N) is 3. The molecule has 2 aromatic rings. The molecule has 0 bridgehead atoms. The van der Waals surface area contributed by atoms with Gasteiger partial charge in [0.05, 0.1) is 13.2 Å². The average molecular weight is 409 g/mol. The van der Waals surface area contributed by atoms with Crippen molar-refractivity contribution in [3.8, 4) is 5.75 Å². The third-order valence-electron chi connectivity index (χ3n) is 4.89. The topological polar surface area (TPSA) is 74.8 Å². The van der Waals surface area contributed by atoms with Crippen LogP contribution in [-0.2, 0) is 11.3 Å². The van der Waals surface area contributed by atoms with Crippen molar-refractivity contribution >= 4 is 17.6 Å². The van der Waals surface area contributed by atoms with E-state index in [1.54, 1.807) is 0 Å². The molecule has 0 radical (unpaired) electrons. The molecule has 1 heterocycles. The summed E-state index contributed by atoms with van der Waals surface area (Å²) in [7, 11) is 0. The highest BCUT2D eigenvalue weighted by molar-refractivity contribution is 5.94. The summed E-state index contributed by atoms with van der Waals surface area (Å²) in [4.78, 5) is 16.7. The Kier molecular flexibility index (Phi) is 7.71. The Bertz CT molecular complexity index is 862. The Morgan fingerprint density at radius 2 is 1.93 bits per heavy atom. The van der Waals surface area contributed by atoms with Crippen LogP contribution in [0.5, 0.6) is 5.75 Å². The molecule has 160 valence electrons. The number of nitrogens with zero attached hydrogens (tertiary/aromatic N) is 1. The van der Waals surface area contributed by atoms with Crippen molar-refractivity contribution in [2.45, 2.75) is 39.7 Å². The monoisotopic (exact) mass is 408 g/mol. The van der Waals surface area contributed by atoms with Crippen LogP contribution in [0.4, 0.5) is 5.69 Å². The van der Waals surface area contributed by atoms with Crippen molar-refractivity contribution < 1.29 is 9.53 Å². The SMILES string of the molecule is CCNC(=NCc1ccc(OCC(C)C)cc1)NCC1CC(=O)Nc2ccccc21. The first kappa shape index (κ1) is 21.7. The van der Waals surface area contributed by atoms with Crippen LogP contribution in [0, 0.1) is 5.92 Å². The highest BCUT2D eigenvalue weighted by Crippen LogP contribution is 2.31. The quantitative estimate of drug-likeness (QED) is 0.457. The molecule has 1 aliphatic heterocycles. The molecule has 3 N–H and O–H groups in total. The number of aliphatic imine (C=N–C) groups is 1. The second-order valence-electron chi connectivity index (χ2n) is 7.96. The summed E-state index contributed by atoms with van der Waals surface area (Å²) < 4.78 is 5.74. The fraction of sp³-hybridized carbons (Fsp3) is 0.417. The minimum atomic E-state index is 0.0576. The third-order valence-corrected chi connectivity index (χ3v) is 4.89. The predicted molar refractivity (Wildman–Crippen MR) is 122 cm³/mol. The van der Waals surface area contributed by atoms with Crippen LogP contribution in [-0.4, -0.2) is 31.6 Å². The summed E-state index contributed by atoms with van der Waals surface area (Å²) in [5.41, 5.74) is 3.19. The van der Waals surface area contributed by atoms with Crippen LogP contribution in [0.2, 0.25) is 0 Å². The number of rotatable bonds is 8. The van der Waals surface area contributed by atoms with E-state index in [0.29, 0.717) is 32.0 Å². The number of guanidine groups is 1. The van der Waals surface area contributed by atoms with E-state index >= 15 is 0 Å². The van der Waals surface area contributed by atoms with E-state index in [2.05, 4.69) is 35.9 Å². The van der Waals surface area contributed by atoms with Crippen LogP contribution in [0.1, 0.15) is 44.2 Å². The summed E-state index contributed by atoms with van der Waals surface area (Å²) in [6.07, 6.45) is 0.473. The molecule has 6 nitrogen and oxygen atoms in total. The van der Waals surface area contributed by atoms with Gasteiger partial charge in [-0.15, -0.1) is 0 Å². The van der Waals surface area contributed by atoms with Gasteiger partial charge in [-0.05, 0) is 42.2 Å². The van der Waals surface area contributed by atoms with Crippen LogP contribution in [0.3, 0.4) is 0 Å². The fourth-order valence-electron chi connectivity index (χ4n) is 3.37. The number of fused-ring (bicyclic) bond motifs is 1. The first-order valence-corrected chi connectivity index (χ1v) is 10.7. The van der Waals surface area contributed by atoms with Gasteiger partial charge in [-0.3, -0.25) is 4.79 Å². The molecular formula is C24H32N4O2. The van der Waals surface area contributed by atoms with Crippen molar-refractivity contribution in [1.82, 2.24) is 10.6 Å². The average Bonchev–Trinajstić information content (AvgIpc) is 2.74. The van der Waals surface area contributed by atoms with Crippen LogP contribution in [0.15, 0.2) is 53.5 Å². The summed E-state index contributed by atoms with van der Waals surface area (Å²) in [6, 6.07) is 16.1. The Balaban J connectivity index is 1.59. The second kappa shape index (κ2) is 10.7. The smallest absolute Gasteiger partial charge is 0.225 e. The summed E-state index contributed by atoms with van der Waals surface area (Å²) in [5.74, 6) is 2.32. The second-order valence-corrected chi connectivity index (χ2v) is 7.96. The number of amides is 1.